The number of ketones is 1. The second-order valence-corrected chi connectivity index (χ2v) is 5.32. The lowest BCUT2D eigenvalue weighted by Gasteiger charge is -2.32. The van der Waals surface area contributed by atoms with Crippen molar-refractivity contribution in [3.05, 3.63) is 71.8 Å². The van der Waals surface area contributed by atoms with E-state index in [2.05, 4.69) is 0 Å². The van der Waals surface area contributed by atoms with Crippen molar-refractivity contribution in [3.8, 4) is 0 Å². The van der Waals surface area contributed by atoms with Gasteiger partial charge in [-0.15, -0.1) is 0 Å². The molecule has 2 atom stereocenters. The van der Waals surface area contributed by atoms with Gasteiger partial charge in [-0.2, -0.15) is 0 Å². The van der Waals surface area contributed by atoms with Crippen LogP contribution in [0, 0.1) is 5.92 Å². The minimum atomic E-state index is -2.02. The molecule has 4 nitrogen and oxygen atoms in total. The Labute approximate surface area is 135 Å². The molecule has 1 N–H and O–H groups in total. The molecule has 4 heteroatoms. The Balaban J connectivity index is 2.53. The summed E-state index contributed by atoms with van der Waals surface area (Å²) in [7, 11) is 1.20. The fourth-order valence-electron chi connectivity index (χ4n) is 2.78. The van der Waals surface area contributed by atoms with Crippen LogP contribution in [0.5, 0.6) is 0 Å². The average Bonchev–Trinajstić information content (AvgIpc) is 2.62. The lowest BCUT2D eigenvalue weighted by Crippen LogP contribution is -2.47. The van der Waals surface area contributed by atoms with E-state index in [1.54, 1.807) is 67.6 Å². The van der Waals surface area contributed by atoms with E-state index in [-0.39, 0.29) is 5.78 Å². The molecule has 0 aliphatic rings. The average molecular weight is 312 g/mol. The largest absolute Gasteiger partial charge is 0.467 e. The van der Waals surface area contributed by atoms with Gasteiger partial charge >= 0.3 is 5.97 Å². The smallest absolute Gasteiger partial charge is 0.343 e. The number of hydrogen-bond acceptors (Lipinski definition) is 4. The van der Waals surface area contributed by atoms with Crippen molar-refractivity contribution in [2.75, 3.05) is 7.11 Å². The molecule has 2 aromatic rings. The van der Waals surface area contributed by atoms with Crippen LogP contribution in [-0.4, -0.2) is 24.0 Å². The number of carbonyl (C=O) groups is 2. The second-order valence-electron chi connectivity index (χ2n) is 5.32. The third kappa shape index (κ3) is 3.17. The summed E-state index contributed by atoms with van der Waals surface area (Å²) in [5, 5.41) is 11.1. The Hall–Kier alpha value is -2.46. The number of rotatable bonds is 6. The molecule has 2 unspecified atom stereocenters. The van der Waals surface area contributed by atoms with Gasteiger partial charge in [0.2, 0.25) is 0 Å². The van der Waals surface area contributed by atoms with Gasteiger partial charge in [-0.3, -0.25) is 4.79 Å². The molecule has 0 saturated heterocycles. The maximum Gasteiger partial charge on any atom is 0.343 e. The molecule has 120 valence electrons. The molecule has 0 amide bonds. The number of carbonyl (C=O) groups excluding carboxylic acids is 2. The van der Waals surface area contributed by atoms with Crippen LogP contribution in [0.3, 0.4) is 0 Å². The normalized spacial score (nSPS) is 14.6. The van der Waals surface area contributed by atoms with E-state index < -0.39 is 17.5 Å². The van der Waals surface area contributed by atoms with E-state index in [9.17, 15) is 14.7 Å². The summed E-state index contributed by atoms with van der Waals surface area (Å²) in [5.41, 5.74) is -1.21. The zero-order valence-electron chi connectivity index (χ0n) is 13.2. The van der Waals surface area contributed by atoms with Crippen LogP contribution in [-0.2, 0) is 15.1 Å². The van der Waals surface area contributed by atoms with Crippen LogP contribution in [0.25, 0.3) is 0 Å². The summed E-state index contributed by atoms with van der Waals surface area (Å²) >= 11 is 0. The Bertz CT molecular complexity index is 666. The Morgan fingerprint density at radius 1 is 1.04 bits per heavy atom. The highest BCUT2D eigenvalue weighted by Gasteiger charge is 2.49. The third-order valence-corrected chi connectivity index (χ3v) is 4.00. The number of methoxy groups -OCH3 is 1. The predicted octanol–water partition coefficient (Wildman–Crippen LogP) is 2.96. The molecule has 0 aromatic heterocycles. The summed E-state index contributed by atoms with van der Waals surface area (Å²) in [5.74, 6) is -2.05. The van der Waals surface area contributed by atoms with Crippen molar-refractivity contribution < 1.29 is 19.4 Å². The monoisotopic (exact) mass is 312 g/mol. The highest BCUT2D eigenvalue weighted by atomic mass is 16.5. The molecule has 0 radical (unpaired) electrons. The van der Waals surface area contributed by atoms with Gasteiger partial charge in [0.25, 0.3) is 0 Å². The van der Waals surface area contributed by atoms with E-state index in [1.807, 2.05) is 0 Å². The Morgan fingerprint density at radius 3 is 2.04 bits per heavy atom. The van der Waals surface area contributed by atoms with Gasteiger partial charge < -0.3 is 9.84 Å². The standard InChI is InChI=1S/C19H20O4/c1-3-16(17(20)14-10-6-4-7-11-14)19(22,18(21)23-2)15-12-8-5-9-13-15/h4-13,16,22H,3H2,1-2H3. The number of benzene rings is 2. The van der Waals surface area contributed by atoms with Gasteiger partial charge in [0.05, 0.1) is 13.0 Å². The fraction of sp³-hybridized carbons (Fsp3) is 0.263. The van der Waals surface area contributed by atoms with E-state index in [4.69, 9.17) is 4.74 Å². The Kier molecular flexibility index (Phi) is 5.29. The van der Waals surface area contributed by atoms with Crippen molar-refractivity contribution in [3.63, 3.8) is 0 Å². The number of Topliss-reactive ketones (excluding diaryl/α,β-unsaturated/α-hetero) is 1. The maximum atomic E-state index is 12.8. The van der Waals surface area contributed by atoms with Gasteiger partial charge in [-0.25, -0.2) is 4.79 Å². The summed E-state index contributed by atoms with van der Waals surface area (Å²) in [6.45, 7) is 1.77. The minimum Gasteiger partial charge on any atom is -0.467 e. The van der Waals surface area contributed by atoms with Crippen LogP contribution in [0.15, 0.2) is 60.7 Å². The molecule has 0 heterocycles. The van der Waals surface area contributed by atoms with Crippen LogP contribution >= 0.6 is 0 Å². The quantitative estimate of drug-likeness (QED) is 0.658. The maximum absolute atomic E-state index is 12.8. The van der Waals surface area contributed by atoms with Gasteiger partial charge in [-0.05, 0) is 12.0 Å². The first-order chi connectivity index (χ1) is 11.1. The predicted molar refractivity (Wildman–Crippen MR) is 86.9 cm³/mol. The fourth-order valence-corrected chi connectivity index (χ4v) is 2.78. The van der Waals surface area contributed by atoms with E-state index in [0.717, 1.165) is 0 Å². The third-order valence-electron chi connectivity index (χ3n) is 4.00. The topological polar surface area (TPSA) is 63.6 Å². The van der Waals surface area contributed by atoms with Crippen molar-refractivity contribution in [1.82, 2.24) is 0 Å². The molecular formula is C19H20O4. The summed E-state index contributed by atoms with van der Waals surface area (Å²) in [4.78, 5) is 25.2. The lowest BCUT2D eigenvalue weighted by molar-refractivity contribution is -0.168. The van der Waals surface area contributed by atoms with Crippen LogP contribution in [0.4, 0.5) is 0 Å². The van der Waals surface area contributed by atoms with E-state index >= 15 is 0 Å². The van der Waals surface area contributed by atoms with E-state index in [0.29, 0.717) is 17.5 Å². The molecule has 2 aromatic carbocycles. The Morgan fingerprint density at radius 2 is 1.57 bits per heavy atom. The molecule has 0 bridgehead atoms. The van der Waals surface area contributed by atoms with Crippen molar-refractivity contribution in [2.45, 2.75) is 18.9 Å². The highest BCUT2D eigenvalue weighted by Crippen LogP contribution is 2.35. The summed E-state index contributed by atoms with van der Waals surface area (Å²) in [6.07, 6.45) is 0.300. The molecule has 0 spiro atoms. The summed E-state index contributed by atoms with van der Waals surface area (Å²) < 4.78 is 4.80. The molecular weight excluding hydrogens is 292 g/mol. The van der Waals surface area contributed by atoms with Crippen molar-refractivity contribution in [1.29, 1.82) is 0 Å². The zero-order chi connectivity index (χ0) is 16.9. The first-order valence-electron chi connectivity index (χ1n) is 7.51. The first-order valence-corrected chi connectivity index (χ1v) is 7.51. The van der Waals surface area contributed by atoms with Gasteiger partial charge in [0.15, 0.2) is 11.4 Å². The first kappa shape index (κ1) is 16.9. The number of esters is 1. The zero-order valence-corrected chi connectivity index (χ0v) is 13.2. The van der Waals surface area contributed by atoms with Crippen LogP contribution in [0.2, 0.25) is 0 Å². The SMILES string of the molecule is CCC(C(=O)c1ccccc1)C(O)(C(=O)OC)c1ccccc1. The molecule has 0 aliphatic heterocycles. The van der Waals surface area contributed by atoms with Crippen LogP contribution in [0.1, 0.15) is 29.3 Å². The highest BCUT2D eigenvalue weighted by molar-refractivity contribution is 6.02. The summed E-state index contributed by atoms with van der Waals surface area (Å²) in [6, 6.07) is 17.1. The van der Waals surface area contributed by atoms with Gasteiger partial charge in [0, 0.05) is 5.56 Å². The van der Waals surface area contributed by atoms with Gasteiger partial charge in [0.1, 0.15) is 0 Å². The number of aliphatic hydroxyl groups is 1. The second kappa shape index (κ2) is 7.20. The lowest BCUT2D eigenvalue weighted by atomic mass is 9.75. The van der Waals surface area contributed by atoms with E-state index in [1.165, 1.54) is 7.11 Å². The van der Waals surface area contributed by atoms with Crippen molar-refractivity contribution in [2.24, 2.45) is 5.92 Å². The van der Waals surface area contributed by atoms with Crippen LogP contribution < -0.4 is 0 Å². The number of hydrogen-bond donors (Lipinski definition) is 1. The van der Waals surface area contributed by atoms with Crippen molar-refractivity contribution >= 4 is 11.8 Å². The molecule has 23 heavy (non-hydrogen) atoms. The molecule has 0 saturated carbocycles. The molecule has 2 rings (SSSR count). The number of ether oxygens (including phenoxy) is 1. The van der Waals surface area contributed by atoms with Gasteiger partial charge in [-0.1, -0.05) is 67.6 Å². The molecule has 0 aliphatic carbocycles. The molecule has 0 fully saturated rings. The minimum absolute atomic E-state index is 0.287.